The second kappa shape index (κ2) is 6.47. The van der Waals surface area contributed by atoms with Crippen LogP contribution in [0.3, 0.4) is 0 Å². The number of hydrogen-bond acceptors (Lipinski definition) is 4. The predicted molar refractivity (Wildman–Crippen MR) is 62.3 cm³/mol. The van der Waals surface area contributed by atoms with E-state index in [0.29, 0.717) is 18.8 Å². The molecule has 0 aromatic carbocycles. The summed E-state index contributed by atoms with van der Waals surface area (Å²) in [6.07, 6.45) is 1.83. The first-order valence-corrected chi connectivity index (χ1v) is 5.25. The van der Waals surface area contributed by atoms with Crippen molar-refractivity contribution in [3.8, 4) is 0 Å². The molecule has 17 heavy (non-hydrogen) atoms. The molecule has 0 bridgehead atoms. The van der Waals surface area contributed by atoms with Gasteiger partial charge in [-0.1, -0.05) is 6.07 Å². The number of anilines is 1. The van der Waals surface area contributed by atoms with E-state index in [1.165, 1.54) is 0 Å². The molecule has 6 nitrogen and oxygen atoms in total. The number of carboxylic acids is 1. The van der Waals surface area contributed by atoms with E-state index < -0.39 is 17.8 Å². The number of primary amides is 1. The Balaban J connectivity index is 2.37. The molecule has 0 aliphatic rings. The first kappa shape index (κ1) is 13.0. The van der Waals surface area contributed by atoms with Gasteiger partial charge in [-0.2, -0.15) is 0 Å². The van der Waals surface area contributed by atoms with Crippen LogP contribution in [0, 0.1) is 5.92 Å². The fourth-order valence-electron chi connectivity index (χ4n) is 1.40. The lowest BCUT2D eigenvalue weighted by molar-refractivity contribution is -0.143. The van der Waals surface area contributed by atoms with E-state index in [2.05, 4.69) is 10.3 Å². The highest BCUT2D eigenvalue weighted by molar-refractivity contribution is 5.80. The highest BCUT2D eigenvalue weighted by atomic mass is 16.4. The van der Waals surface area contributed by atoms with Crippen LogP contribution >= 0.6 is 0 Å². The summed E-state index contributed by atoms with van der Waals surface area (Å²) < 4.78 is 0. The molecule has 1 atom stereocenters. The van der Waals surface area contributed by atoms with Gasteiger partial charge in [0, 0.05) is 19.2 Å². The number of rotatable bonds is 7. The zero-order chi connectivity index (χ0) is 12.7. The standard InChI is InChI=1S/C11H15N3O3/c12-9(15)7-8(11(16)17)4-6-14-10-3-1-2-5-13-10/h1-3,5,8H,4,6-7H2,(H2,12,15)(H,13,14)(H,16,17). The number of pyridine rings is 1. The maximum atomic E-state index is 10.8. The first-order chi connectivity index (χ1) is 8.09. The summed E-state index contributed by atoms with van der Waals surface area (Å²) in [7, 11) is 0. The minimum absolute atomic E-state index is 0.140. The number of amides is 1. The van der Waals surface area contributed by atoms with Crippen LogP contribution in [0.4, 0.5) is 5.82 Å². The fourth-order valence-corrected chi connectivity index (χ4v) is 1.40. The van der Waals surface area contributed by atoms with Crippen LogP contribution in [0.15, 0.2) is 24.4 Å². The van der Waals surface area contributed by atoms with Crippen molar-refractivity contribution >= 4 is 17.7 Å². The lowest BCUT2D eigenvalue weighted by Crippen LogP contribution is -2.24. The molecule has 1 unspecified atom stereocenters. The summed E-state index contributed by atoms with van der Waals surface area (Å²) in [5, 5.41) is 11.8. The topological polar surface area (TPSA) is 105 Å². The maximum Gasteiger partial charge on any atom is 0.307 e. The minimum Gasteiger partial charge on any atom is -0.481 e. The zero-order valence-corrected chi connectivity index (χ0v) is 9.30. The van der Waals surface area contributed by atoms with Gasteiger partial charge < -0.3 is 16.2 Å². The van der Waals surface area contributed by atoms with E-state index in [4.69, 9.17) is 10.8 Å². The molecule has 4 N–H and O–H groups in total. The van der Waals surface area contributed by atoms with Crippen molar-refractivity contribution in [3.63, 3.8) is 0 Å². The van der Waals surface area contributed by atoms with E-state index in [1.807, 2.05) is 6.07 Å². The van der Waals surface area contributed by atoms with Crippen LogP contribution in [0.2, 0.25) is 0 Å². The van der Waals surface area contributed by atoms with Gasteiger partial charge in [0.25, 0.3) is 0 Å². The Bertz CT molecular complexity index is 381. The number of nitrogens with one attached hydrogen (secondary N) is 1. The number of carboxylic acid groups (broad SMARTS) is 1. The molecule has 0 aliphatic carbocycles. The number of carbonyl (C=O) groups excluding carboxylic acids is 1. The molecule has 1 rings (SSSR count). The van der Waals surface area contributed by atoms with E-state index in [1.54, 1.807) is 18.3 Å². The van der Waals surface area contributed by atoms with Crippen LogP contribution in [-0.4, -0.2) is 28.5 Å². The largest absolute Gasteiger partial charge is 0.481 e. The molecule has 0 aliphatic heterocycles. The van der Waals surface area contributed by atoms with Crippen molar-refractivity contribution in [1.29, 1.82) is 0 Å². The first-order valence-electron chi connectivity index (χ1n) is 5.25. The summed E-state index contributed by atoms with van der Waals surface area (Å²) in [5.41, 5.74) is 4.98. The Morgan fingerprint density at radius 3 is 2.76 bits per heavy atom. The molecule has 1 aromatic heterocycles. The average molecular weight is 237 g/mol. The van der Waals surface area contributed by atoms with Gasteiger partial charge in [-0.05, 0) is 18.6 Å². The van der Waals surface area contributed by atoms with Crippen molar-refractivity contribution in [2.75, 3.05) is 11.9 Å². The number of carbonyl (C=O) groups is 2. The lowest BCUT2D eigenvalue weighted by Gasteiger charge is -2.11. The van der Waals surface area contributed by atoms with Gasteiger partial charge >= 0.3 is 5.97 Å². The second-order valence-electron chi connectivity index (χ2n) is 3.64. The van der Waals surface area contributed by atoms with Crippen molar-refractivity contribution in [1.82, 2.24) is 4.98 Å². The second-order valence-corrected chi connectivity index (χ2v) is 3.64. The van der Waals surface area contributed by atoms with Gasteiger partial charge in [0.1, 0.15) is 5.82 Å². The lowest BCUT2D eigenvalue weighted by atomic mass is 10.0. The van der Waals surface area contributed by atoms with Gasteiger partial charge in [0.15, 0.2) is 0 Å². The summed E-state index contributed by atoms with van der Waals surface area (Å²) in [4.78, 5) is 25.5. The van der Waals surface area contributed by atoms with E-state index in [-0.39, 0.29) is 6.42 Å². The SMILES string of the molecule is NC(=O)CC(CCNc1ccccn1)C(=O)O. The van der Waals surface area contributed by atoms with Crippen molar-refractivity contribution < 1.29 is 14.7 Å². The molecular weight excluding hydrogens is 222 g/mol. The van der Waals surface area contributed by atoms with Crippen molar-refractivity contribution in [2.24, 2.45) is 11.7 Å². The summed E-state index contributed by atoms with van der Waals surface area (Å²) in [6, 6.07) is 5.40. The molecule has 1 heterocycles. The van der Waals surface area contributed by atoms with E-state index in [9.17, 15) is 9.59 Å². The number of nitrogens with two attached hydrogens (primary N) is 1. The van der Waals surface area contributed by atoms with Gasteiger partial charge in [0.05, 0.1) is 5.92 Å². The highest BCUT2D eigenvalue weighted by Gasteiger charge is 2.19. The molecular formula is C11H15N3O3. The van der Waals surface area contributed by atoms with Crippen LogP contribution in [0.25, 0.3) is 0 Å². The number of nitrogens with zero attached hydrogens (tertiary/aromatic N) is 1. The molecule has 1 amide bonds. The van der Waals surface area contributed by atoms with Gasteiger partial charge in [-0.25, -0.2) is 4.98 Å². The highest BCUT2D eigenvalue weighted by Crippen LogP contribution is 2.09. The molecule has 92 valence electrons. The average Bonchev–Trinajstić information content (AvgIpc) is 2.28. The Morgan fingerprint density at radius 2 is 2.24 bits per heavy atom. The van der Waals surface area contributed by atoms with Crippen molar-refractivity contribution in [3.05, 3.63) is 24.4 Å². The van der Waals surface area contributed by atoms with Crippen LogP contribution in [-0.2, 0) is 9.59 Å². The van der Waals surface area contributed by atoms with Gasteiger partial charge in [-0.3, -0.25) is 9.59 Å². The van der Waals surface area contributed by atoms with Crippen LogP contribution in [0.1, 0.15) is 12.8 Å². The van der Waals surface area contributed by atoms with Crippen LogP contribution in [0.5, 0.6) is 0 Å². The molecule has 0 saturated heterocycles. The molecule has 0 fully saturated rings. The molecule has 1 aromatic rings. The third-order valence-corrected chi connectivity index (χ3v) is 2.26. The third kappa shape index (κ3) is 4.96. The third-order valence-electron chi connectivity index (χ3n) is 2.26. The summed E-state index contributed by atoms with van der Waals surface area (Å²) in [5.74, 6) is -1.68. The number of aliphatic carboxylic acids is 1. The monoisotopic (exact) mass is 237 g/mol. The van der Waals surface area contributed by atoms with Gasteiger partial charge in [0.2, 0.25) is 5.91 Å². The van der Waals surface area contributed by atoms with Crippen LogP contribution < -0.4 is 11.1 Å². The Labute approximate surface area is 98.8 Å². The predicted octanol–water partition coefficient (Wildman–Crippen LogP) is 0.460. The Morgan fingerprint density at radius 1 is 1.47 bits per heavy atom. The minimum atomic E-state index is -1.01. The quantitative estimate of drug-likeness (QED) is 0.639. The Kier molecular flexibility index (Phi) is 4.93. The Hall–Kier alpha value is -2.11. The fraction of sp³-hybridized carbons (Fsp3) is 0.364. The maximum absolute atomic E-state index is 10.8. The van der Waals surface area contributed by atoms with Gasteiger partial charge in [-0.15, -0.1) is 0 Å². The normalized spacial score (nSPS) is 11.8. The van der Waals surface area contributed by atoms with E-state index >= 15 is 0 Å². The number of aromatic nitrogens is 1. The summed E-state index contributed by atoms with van der Waals surface area (Å²) >= 11 is 0. The molecule has 0 saturated carbocycles. The molecule has 0 spiro atoms. The molecule has 6 heteroatoms. The number of hydrogen-bond donors (Lipinski definition) is 3. The molecule has 0 radical (unpaired) electrons. The van der Waals surface area contributed by atoms with Crippen molar-refractivity contribution in [2.45, 2.75) is 12.8 Å². The summed E-state index contributed by atoms with van der Waals surface area (Å²) in [6.45, 7) is 0.432. The zero-order valence-electron chi connectivity index (χ0n) is 9.30. The smallest absolute Gasteiger partial charge is 0.307 e. The van der Waals surface area contributed by atoms with E-state index in [0.717, 1.165) is 0 Å².